The van der Waals surface area contributed by atoms with Crippen molar-refractivity contribution in [1.29, 1.82) is 0 Å². The molecule has 54 valence electrons. The molecule has 1 atom stereocenters. The average molecular weight is 147 g/mol. The van der Waals surface area contributed by atoms with Crippen molar-refractivity contribution < 1.29 is 4.79 Å². The first-order chi connectivity index (χ1) is 4.18. The molecule has 0 aliphatic carbocycles. The number of nitrogens with two attached hydrogens (primary N) is 1. The topological polar surface area (TPSA) is 43.1 Å². The summed E-state index contributed by atoms with van der Waals surface area (Å²) in [6, 6.07) is 0. The number of hydrogen-bond acceptors (Lipinski definition) is 3. The van der Waals surface area contributed by atoms with E-state index in [-0.39, 0.29) is 11.0 Å². The van der Waals surface area contributed by atoms with Crippen LogP contribution in [0.25, 0.3) is 0 Å². The van der Waals surface area contributed by atoms with Gasteiger partial charge < -0.3 is 5.73 Å². The predicted molar refractivity (Wildman–Crippen MR) is 41.7 cm³/mol. The number of ketones is 1. The monoisotopic (exact) mass is 147 g/mol. The SMILES string of the molecule is CC(S)C(=O)CCCN. The lowest BCUT2D eigenvalue weighted by Gasteiger charge is -1.99. The van der Waals surface area contributed by atoms with Crippen LogP contribution in [0.3, 0.4) is 0 Å². The predicted octanol–water partition coefficient (Wildman–Crippen LogP) is 0.613. The molecule has 0 aliphatic rings. The van der Waals surface area contributed by atoms with Crippen LogP contribution in [-0.4, -0.2) is 17.6 Å². The second-order valence-electron chi connectivity index (χ2n) is 2.03. The third kappa shape index (κ3) is 4.48. The number of thiol groups is 1. The highest BCUT2D eigenvalue weighted by Crippen LogP contribution is 1.99. The van der Waals surface area contributed by atoms with Crippen molar-refractivity contribution in [3.63, 3.8) is 0 Å². The van der Waals surface area contributed by atoms with Crippen LogP contribution in [0.5, 0.6) is 0 Å². The Hall–Kier alpha value is -0.0200. The highest BCUT2D eigenvalue weighted by Gasteiger charge is 2.05. The second kappa shape index (κ2) is 4.82. The molecule has 0 saturated heterocycles. The third-order valence-corrected chi connectivity index (χ3v) is 1.38. The van der Waals surface area contributed by atoms with E-state index in [1.807, 2.05) is 0 Å². The second-order valence-corrected chi connectivity index (χ2v) is 2.81. The van der Waals surface area contributed by atoms with Crippen LogP contribution >= 0.6 is 12.6 Å². The van der Waals surface area contributed by atoms with E-state index in [1.54, 1.807) is 6.92 Å². The molecule has 2 nitrogen and oxygen atoms in total. The van der Waals surface area contributed by atoms with Gasteiger partial charge in [-0.2, -0.15) is 12.6 Å². The summed E-state index contributed by atoms with van der Waals surface area (Å²) in [5, 5.41) is -0.128. The molecule has 0 amide bonds. The van der Waals surface area contributed by atoms with E-state index < -0.39 is 0 Å². The van der Waals surface area contributed by atoms with Crippen LogP contribution in [0, 0.1) is 0 Å². The van der Waals surface area contributed by atoms with Crippen molar-refractivity contribution in [1.82, 2.24) is 0 Å². The lowest BCUT2D eigenvalue weighted by Crippen LogP contribution is -2.12. The Bertz CT molecular complexity index is 93.1. The van der Waals surface area contributed by atoms with Gasteiger partial charge in [0.2, 0.25) is 0 Å². The zero-order valence-electron chi connectivity index (χ0n) is 5.63. The van der Waals surface area contributed by atoms with Crippen LogP contribution in [0.2, 0.25) is 0 Å². The first-order valence-corrected chi connectivity index (χ1v) is 3.61. The fourth-order valence-electron chi connectivity index (χ4n) is 0.485. The fourth-order valence-corrected chi connectivity index (χ4v) is 0.614. The summed E-state index contributed by atoms with van der Waals surface area (Å²) in [4.78, 5) is 10.8. The molecule has 0 radical (unpaired) electrons. The van der Waals surface area contributed by atoms with Gasteiger partial charge in [0.25, 0.3) is 0 Å². The molecule has 0 saturated carbocycles. The summed E-state index contributed by atoms with van der Waals surface area (Å²) in [6.07, 6.45) is 1.35. The van der Waals surface area contributed by atoms with Crippen molar-refractivity contribution in [2.24, 2.45) is 5.73 Å². The number of hydrogen-bond donors (Lipinski definition) is 2. The van der Waals surface area contributed by atoms with Gasteiger partial charge in [-0.3, -0.25) is 4.79 Å². The van der Waals surface area contributed by atoms with E-state index in [1.165, 1.54) is 0 Å². The maximum absolute atomic E-state index is 10.8. The van der Waals surface area contributed by atoms with Gasteiger partial charge in [0.15, 0.2) is 0 Å². The normalized spacial score (nSPS) is 13.2. The van der Waals surface area contributed by atoms with E-state index in [9.17, 15) is 4.79 Å². The smallest absolute Gasteiger partial charge is 0.145 e. The summed E-state index contributed by atoms with van der Waals surface area (Å²) in [5.74, 6) is 0.184. The molecule has 0 heterocycles. The Labute approximate surface area is 61.2 Å². The summed E-state index contributed by atoms with van der Waals surface area (Å²) in [7, 11) is 0. The Balaban J connectivity index is 3.28. The standard InChI is InChI=1S/C6H13NOS/c1-5(9)6(8)3-2-4-7/h5,9H,2-4,7H2,1H3. The molecular weight excluding hydrogens is 134 g/mol. The fraction of sp³-hybridized carbons (Fsp3) is 0.833. The molecule has 0 rings (SSSR count). The minimum atomic E-state index is -0.128. The molecule has 0 aromatic carbocycles. The van der Waals surface area contributed by atoms with E-state index >= 15 is 0 Å². The quantitative estimate of drug-likeness (QED) is 0.572. The molecule has 0 aromatic heterocycles. The van der Waals surface area contributed by atoms with Crippen LogP contribution in [0.4, 0.5) is 0 Å². The van der Waals surface area contributed by atoms with Crippen molar-refractivity contribution in [2.45, 2.75) is 25.0 Å². The zero-order chi connectivity index (χ0) is 7.28. The largest absolute Gasteiger partial charge is 0.330 e. The summed E-state index contributed by atoms with van der Waals surface area (Å²) >= 11 is 3.98. The first kappa shape index (κ1) is 8.98. The lowest BCUT2D eigenvalue weighted by molar-refractivity contribution is -0.118. The van der Waals surface area contributed by atoms with Gasteiger partial charge in [0.05, 0.1) is 5.25 Å². The molecule has 9 heavy (non-hydrogen) atoms. The van der Waals surface area contributed by atoms with Gasteiger partial charge >= 0.3 is 0 Å². The van der Waals surface area contributed by atoms with Crippen LogP contribution < -0.4 is 5.73 Å². The van der Waals surface area contributed by atoms with E-state index in [2.05, 4.69) is 12.6 Å². The third-order valence-electron chi connectivity index (χ3n) is 1.09. The molecule has 0 aliphatic heterocycles. The Morgan fingerprint density at radius 3 is 2.67 bits per heavy atom. The van der Waals surface area contributed by atoms with E-state index in [0.717, 1.165) is 6.42 Å². The molecule has 3 heteroatoms. The van der Waals surface area contributed by atoms with Crippen LogP contribution in [-0.2, 0) is 4.79 Å². The highest BCUT2D eigenvalue weighted by molar-refractivity contribution is 7.81. The lowest BCUT2D eigenvalue weighted by atomic mass is 10.2. The van der Waals surface area contributed by atoms with Gasteiger partial charge in [-0.05, 0) is 19.9 Å². The summed E-state index contributed by atoms with van der Waals surface area (Å²) in [6.45, 7) is 2.37. The average Bonchev–Trinajstić information content (AvgIpc) is 1.82. The molecular formula is C6H13NOS. The van der Waals surface area contributed by atoms with E-state index in [4.69, 9.17) is 5.73 Å². The van der Waals surface area contributed by atoms with E-state index in [0.29, 0.717) is 13.0 Å². The van der Waals surface area contributed by atoms with Gasteiger partial charge in [-0.15, -0.1) is 0 Å². The minimum Gasteiger partial charge on any atom is -0.330 e. The van der Waals surface area contributed by atoms with Gasteiger partial charge in [-0.25, -0.2) is 0 Å². The van der Waals surface area contributed by atoms with Crippen molar-refractivity contribution in [3.05, 3.63) is 0 Å². The zero-order valence-corrected chi connectivity index (χ0v) is 6.53. The van der Waals surface area contributed by atoms with Crippen LogP contribution in [0.15, 0.2) is 0 Å². The summed E-state index contributed by atoms with van der Waals surface area (Å²) < 4.78 is 0. The first-order valence-electron chi connectivity index (χ1n) is 3.09. The summed E-state index contributed by atoms with van der Waals surface area (Å²) in [5.41, 5.74) is 5.20. The Morgan fingerprint density at radius 1 is 1.78 bits per heavy atom. The maximum atomic E-state index is 10.8. The van der Waals surface area contributed by atoms with Crippen molar-refractivity contribution in [2.75, 3.05) is 6.54 Å². The molecule has 0 bridgehead atoms. The maximum Gasteiger partial charge on any atom is 0.145 e. The van der Waals surface area contributed by atoms with Crippen LogP contribution in [0.1, 0.15) is 19.8 Å². The number of carbonyl (C=O) groups is 1. The molecule has 0 spiro atoms. The minimum absolute atomic E-state index is 0.128. The number of rotatable bonds is 4. The Morgan fingerprint density at radius 2 is 2.33 bits per heavy atom. The molecule has 2 N–H and O–H groups in total. The number of Topliss-reactive ketones (excluding diaryl/α,β-unsaturated/α-hetero) is 1. The van der Waals surface area contributed by atoms with Crippen molar-refractivity contribution >= 4 is 18.4 Å². The Kier molecular flexibility index (Phi) is 4.81. The van der Waals surface area contributed by atoms with Gasteiger partial charge in [0, 0.05) is 6.42 Å². The molecule has 1 unspecified atom stereocenters. The highest BCUT2D eigenvalue weighted by atomic mass is 32.1. The van der Waals surface area contributed by atoms with Crippen molar-refractivity contribution in [3.8, 4) is 0 Å². The molecule has 0 fully saturated rings. The van der Waals surface area contributed by atoms with Gasteiger partial charge in [-0.1, -0.05) is 0 Å². The van der Waals surface area contributed by atoms with Gasteiger partial charge in [0.1, 0.15) is 5.78 Å². The number of carbonyl (C=O) groups excluding carboxylic acids is 1. The molecule has 0 aromatic rings.